The van der Waals surface area contributed by atoms with E-state index in [1.807, 2.05) is 56.3 Å². The Bertz CT molecular complexity index is 1480. The van der Waals surface area contributed by atoms with E-state index in [0.717, 1.165) is 31.2 Å². The van der Waals surface area contributed by atoms with Gasteiger partial charge in [0.1, 0.15) is 0 Å². The van der Waals surface area contributed by atoms with E-state index in [9.17, 15) is 13.2 Å². The number of sulfonamides is 1. The summed E-state index contributed by atoms with van der Waals surface area (Å²) in [6.07, 6.45) is 0. The van der Waals surface area contributed by atoms with Gasteiger partial charge in [0.15, 0.2) is 5.13 Å². The van der Waals surface area contributed by atoms with E-state index in [1.165, 1.54) is 43.6 Å². The van der Waals surface area contributed by atoms with Crippen LogP contribution < -0.4 is 4.90 Å². The number of carbonyl (C=O) groups is 1. The Balaban J connectivity index is 1.85. The van der Waals surface area contributed by atoms with Crippen molar-refractivity contribution >= 4 is 54.2 Å². The predicted molar refractivity (Wildman–Crippen MR) is 138 cm³/mol. The van der Waals surface area contributed by atoms with Crippen LogP contribution in [-0.4, -0.2) is 37.7 Å². The smallest absolute Gasteiger partial charge is 0.261 e. The molecule has 9 heteroatoms. The van der Waals surface area contributed by atoms with E-state index in [4.69, 9.17) is 16.6 Å². The SMILES string of the molecule is Cc1ccc2sc(N(Cc3ccccc3)C(=O)c3cc(S(=O)(=O)N(C)C)ccc3Cl)nc2c1C. The van der Waals surface area contributed by atoms with Gasteiger partial charge in [0, 0.05) is 14.1 Å². The summed E-state index contributed by atoms with van der Waals surface area (Å²) in [5, 5.41) is 0.698. The number of thiazole rings is 1. The Kier molecular flexibility index (Phi) is 6.78. The van der Waals surface area contributed by atoms with Crippen molar-refractivity contribution in [3.05, 3.63) is 87.9 Å². The Labute approximate surface area is 208 Å². The average molecular weight is 514 g/mol. The topological polar surface area (TPSA) is 70.6 Å². The van der Waals surface area contributed by atoms with Crippen LogP contribution in [0.3, 0.4) is 0 Å². The van der Waals surface area contributed by atoms with Gasteiger partial charge in [-0.05, 0) is 54.8 Å². The van der Waals surface area contributed by atoms with Gasteiger partial charge in [-0.25, -0.2) is 17.7 Å². The van der Waals surface area contributed by atoms with E-state index in [0.29, 0.717) is 5.13 Å². The summed E-state index contributed by atoms with van der Waals surface area (Å²) >= 11 is 7.82. The number of rotatable bonds is 6. The molecule has 0 N–H and O–H groups in total. The van der Waals surface area contributed by atoms with Crippen LogP contribution in [-0.2, 0) is 16.6 Å². The van der Waals surface area contributed by atoms with Crippen molar-refractivity contribution in [2.45, 2.75) is 25.3 Å². The van der Waals surface area contributed by atoms with Gasteiger partial charge in [-0.15, -0.1) is 0 Å². The molecule has 0 aliphatic heterocycles. The number of amides is 1. The fourth-order valence-corrected chi connectivity index (χ4v) is 5.66. The van der Waals surface area contributed by atoms with Crippen LogP contribution in [0.4, 0.5) is 5.13 Å². The Morgan fingerprint density at radius 1 is 1.03 bits per heavy atom. The van der Waals surface area contributed by atoms with Crippen molar-refractivity contribution in [2.75, 3.05) is 19.0 Å². The van der Waals surface area contributed by atoms with Crippen LogP contribution in [0.1, 0.15) is 27.0 Å². The summed E-state index contributed by atoms with van der Waals surface area (Å²) < 4.78 is 27.4. The van der Waals surface area contributed by atoms with E-state index in [1.54, 1.807) is 4.90 Å². The summed E-state index contributed by atoms with van der Waals surface area (Å²) in [4.78, 5) is 20.2. The van der Waals surface area contributed by atoms with Gasteiger partial charge in [0.2, 0.25) is 10.0 Å². The molecule has 0 spiro atoms. The van der Waals surface area contributed by atoms with Crippen LogP contribution in [0, 0.1) is 13.8 Å². The third kappa shape index (κ3) is 4.59. The van der Waals surface area contributed by atoms with Gasteiger partial charge < -0.3 is 0 Å². The second-order valence-electron chi connectivity index (χ2n) is 8.16. The number of hydrogen-bond acceptors (Lipinski definition) is 5. The molecule has 1 heterocycles. The van der Waals surface area contributed by atoms with Crippen molar-refractivity contribution in [1.82, 2.24) is 9.29 Å². The van der Waals surface area contributed by atoms with Crippen LogP contribution in [0.15, 0.2) is 65.6 Å². The highest BCUT2D eigenvalue weighted by molar-refractivity contribution is 7.89. The minimum atomic E-state index is -3.74. The van der Waals surface area contributed by atoms with Crippen LogP contribution in [0.5, 0.6) is 0 Å². The fourth-order valence-electron chi connectivity index (χ4n) is 3.51. The normalized spacial score (nSPS) is 11.8. The monoisotopic (exact) mass is 513 g/mol. The van der Waals surface area contributed by atoms with E-state index < -0.39 is 15.9 Å². The van der Waals surface area contributed by atoms with Gasteiger partial charge in [-0.3, -0.25) is 9.69 Å². The number of fused-ring (bicyclic) bond motifs is 1. The maximum Gasteiger partial charge on any atom is 0.261 e. The molecular weight excluding hydrogens is 490 g/mol. The summed E-state index contributed by atoms with van der Waals surface area (Å²) in [5.41, 5.74) is 4.05. The van der Waals surface area contributed by atoms with Gasteiger partial charge in [-0.1, -0.05) is 59.3 Å². The number of anilines is 1. The van der Waals surface area contributed by atoms with Crippen LogP contribution in [0.2, 0.25) is 5.02 Å². The lowest BCUT2D eigenvalue weighted by Crippen LogP contribution is -2.31. The molecule has 34 heavy (non-hydrogen) atoms. The molecule has 0 unspecified atom stereocenters. The van der Waals surface area contributed by atoms with Crippen LogP contribution >= 0.6 is 22.9 Å². The largest absolute Gasteiger partial charge is 0.279 e. The van der Waals surface area contributed by atoms with Crippen molar-refractivity contribution in [2.24, 2.45) is 0 Å². The summed E-state index contributed by atoms with van der Waals surface area (Å²) in [6.45, 7) is 4.30. The fraction of sp³-hybridized carbons (Fsp3) is 0.200. The number of nitrogens with zero attached hydrogens (tertiary/aromatic N) is 3. The molecule has 1 aromatic heterocycles. The minimum Gasteiger partial charge on any atom is -0.279 e. The number of aryl methyl sites for hydroxylation is 2. The first-order valence-corrected chi connectivity index (χ1v) is 13.2. The zero-order valence-electron chi connectivity index (χ0n) is 19.2. The van der Waals surface area contributed by atoms with Crippen LogP contribution in [0.25, 0.3) is 10.2 Å². The molecule has 0 radical (unpaired) electrons. The second-order valence-corrected chi connectivity index (χ2v) is 11.7. The summed E-state index contributed by atoms with van der Waals surface area (Å²) in [6, 6.07) is 17.8. The van der Waals surface area contributed by atoms with E-state index in [-0.39, 0.29) is 22.0 Å². The summed E-state index contributed by atoms with van der Waals surface area (Å²) in [5.74, 6) is -0.418. The van der Waals surface area contributed by atoms with Crippen molar-refractivity contribution < 1.29 is 13.2 Å². The van der Waals surface area contributed by atoms with Crippen molar-refractivity contribution in [3.63, 3.8) is 0 Å². The van der Waals surface area contributed by atoms with E-state index in [2.05, 4.69) is 0 Å². The first-order chi connectivity index (χ1) is 16.1. The predicted octanol–water partition coefficient (Wildman–Crippen LogP) is 5.66. The molecule has 0 aliphatic carbocycles. The number of aromatic nitrogens is 1. The highest BCUT2D eigenvalue weighted by Crippen LogP contribution is 2.34. The highest BCUT2D eigenvalue weighted by Gasteiger charge is 2.27. The quantitative estimate of drug-likeness (QED) is 0.333. The second kappa shape index (κ2) is 9.46. The molecule has 0 bridgehead atoms. The Morgan fingerprint density at radius 3 is 2.41 bits per heavy atom. The molecule has 0 saturated heterocycles. The van der Waals surface area contributed by atoms with Crippen molar-refractivity contribution in [3.8, 4) is 0 Å². The molecule has 3 aromatic carbocycles. The van der Waals surface area contributed by atoms with Crippen molar-refractivity contribution in [1.29, 1.82) is 0 Å². The number of halogens is 1. The summed E-state index contributed by atoms with van der Waals surface area (Å²) in [7, 11) is -0.853. The molecule has 4 rings (SSSR count). The zero-order valence-corrected chi connectivity index (χ0v) is 21.6. The maximum atomic E-state index is 13.8. The average Bonchev–Trinajstić information content (AvgIpc) is 3.25. The third-order valence-electron chi connectivity index (χ3n) is 5.68. The zero-order chi connectivity index (χ0) is 24.6. The van der Waals surface area contributed by atoms with Gasteiger partial charge in [0.05, 0.1) is 32.2 Å². The minimum absolute atomic E-state index is 0.000630. The molecule has 6 nitrogen and oxygen atoms in total. The third-order valence-corrected chi connectivity index (χ3v) is 8.86. The molecule has 0 fully saturated rings. The molecule has 1 amide bonds. The number of hydrogen-bond donors (Lipinski definition) is 0. The maximum absolute atomic E-state index is 13.8. The lowest BCUT2D eigenvalue weighted by atomic mass is 10.1. The molecule has 0 atom stereocenters. The van der Waals surface area contributed by atoms with Gasteiger partial charge >= 0.3 is 0 Å². The standard InChI is InChI=1S/C25H24ClN3O3S2/c1-16-10-13-22-23(17(16)2)27-25(33-22)29(15-18-8-6-5-7-9-18)24(30)20-14-19(11-12-21(20)26)34(31,32)28(3)4/h5-14H,15H2,1-4H3. The molecule has 0 saturated carbocycles. The number of benzene rings is 3. The first-order valence-electron chi connectivity index (χ1n) is 10.5. The van der Waals surface area contributed by atoms with E-state index >= 15 is 0 Å². The highest BCUT2D eigenvalue weighted by atomic mass is 35.5. The lowest BCUT2D eigenvalue weighted by Gasteiger charge is -2.21. The molecular formula is C25H24ClN3O3S2. The number of carbonyl (C=O) groups excluding carboxylic acids is 1. The molecule has 4 aromatic rings. The van der Waals surface area contributed by atoms with Gasteiger partial charge in [-0.2, -0.15) is 0 Å². The Hall–Kier alpha value is -2.78. The van der Waals surface area contributed by atoms with Gasteiger partial charge in [0.25, 0.3) is 5.91 Å². The Morgan fingerprint density at radius 2 is 1.74 bits per heavy atom. The first kappa shape index (κ1) is 24.3. The lowest BCUT2D eigenvalue weighted by molar-refractivity contribution is 0.0985. The molecule has 0 aliphatic rings. The molecule has 176 valence electrons.